The van der Waals surface area contributed by atoms with Gasteiger partial charge in [0.15, 0.2) is 5.78 Å². The van der Waals surface area contributed by atoms with Gasteiger partial charge in [0.1, 0.15) is 0 Å². The summed E-state index contributed by atoms with van der Waals surface area (Å²) in [6, 6.07) is 6.04. The predicted octanol–water partition coefficient (Wildman–Crippen LogP) is 1.39. The number of carbonyl (C=O) groups is 1. The number of nitrogens with zero attached hydrogens (tertiary/aromatic N) is 1. The number of ketones is 1. The molecule has 0 saturated carbocycles. The summed E-state index contributed by atoms with van der Waals surface area (Å²) in [6.07, 6.45) is 0. The number of rotatable bonds is 3. The molecule has 1 aromatic rings. The van der Waals surface area contributed by atoms with Crippen LogP contribution in [0.25, 0.3) is 0 Å². The third-order valence-electron chi connectivity index (χ3n) is 3.26. The van der Waals surface area contributed by atoms with Gasteiger partial charge < -0.3 is 5.32 Å². The van der Waals surface area contributed by atoms with Crippen molar-refractivity contribution in [1.29, 1.82) is 0 Å². The summed E-state index contributed by atoms with van der Waals surface area (Å²) in [5.74, 6) is 0.240. The van der Waals surface area contributed by atoms with Gasteiger partial charge in [0, 0.05) is 31.7 Å². The molecule has 0 atom stereocenters. The number of carbonyl (C=O) groups excluding carboxylic acids is 1. The van der Waals surface area contributed by atoms with E-state index in [-0.39, 0.29) is 5.78 Å². The van der Waals surface area contributed by atoms with Crippen molar-refractivity contribution in [3.8, 4) is 0 Å². The highest BCUT2D eigenvalue weighted by molar-refractivity contribution is 5.98. The van der Waals surface area contributed by atoms with Crippen LogP contribution in [-0.4, -0.2) is 43.4 Å². The van der Waals surface area contributed by atoms with Gasteiger partial charge in [-0.1, -0.05) is 23.8 Å². The van der Waals surface area contributed by atoms with Gasteiger partial charge in [-0.05, 0) is 19.4 Å². The average Bonchev–Trinajstić information content (AvgIpc) is 2.30. The fourth-order valence-corrected chi connectivity index (χ4v) is 2.28. The zero-order chi connectivity index (χ0) is 12.3. The summed E-state index contributed by atoms with van der Waals surface area (Å²) in [6.45, 7) is 8.52. The van der Waals surface area contributed by atoms with Crippen LogP contribution in [0.15, 0.2) is 18.2 Å². The molecule has 2 rings (SSSR count). The number of aryl methyl sites for hydroxylation is 2. The molecule has 1 fully saturated rings. The van der Waals surface area contributed by atoms with Crippen molar-refractivity contribution in [2.75, 3.05) is 32.7 Å². The van der Waals surface area contributed by atoms with Crippen molar-refractivity contribution < 1.29 is 4.79 Å². The van der Waals surface area contributed by atoms with E-state index in [4.69, 9.17) is 0 Å². The maximum atomic E-state index is 12.2. The second kappa shape index (κ2) is 5.43. The largest absolute Gasteiger partial charge is 0.314 e. The van der Waals surface area contributed by atoms with Crippen molar-refractivity contribution in [3.05, 3.63) is 34.9 Å². The van der Waals surface area contributed by atoms with E-state index in [1.54, 1.807) is 0 Å². The lowest BCUT2D eigenvalue weighted by atomic mass is 10.0. The second-order valence-corrected chi connectivity index (χ2v) is 4.77. The summed E-state index contributed by atoms with van der Waals surface area (Å²) in [5, 5.41) is 3.29. The van der Waals surface area contributed by atoms with Crippen molar-refractivity contribution >= 4 is 5.78 Å². The van der Waals surface area contributed by atoms with E-state index in [2.05, 4.69) is 23.2 Å². The molecule has 1 aliphatic rings. The van der Waals surface area contributed by atoms with Crippen LogP contribution in [0, 0.1) is 13.8 Å². The molecule has 0 aromatic heterocycles. The highest BCUT2D eigenvalue weighted by atomic mass is 16.1. The number of Topliss-reactive ketones (excluding diaryl/α,β-unsaturated/α-hetero) is 1. The smallest absolute Gasteiger partial charge is 0.177 e. The molecule has 1 aliphatic heterocycles. The zero-order valence-corrected chi connectivity index (χ0v) is 10.6. The predicted molar refractivity (Wildman–Crippen MR) is 69.6 cm³/mol. The minimum atomic E-state index is 0.240. The Kier molecular flexibility index (Phi) is 3.92. The maximum Gasteiger partial charge on any atom is 0.177 e. The lowest BCUT2D eigenvalue weighted by Crippen LogP contribution is -2.45. The zero-order valence-electron chi connectivity index (χ0n) is 10.6. The van der Waals surface area contributed by atoms with Gasteiger partial charge in [-0.3, -0.25) is 9.69 Å². The van der Waals surface area contributed by atoms with Crippen LogP contribution in [0.2, 0.25) is 0 Å². The molecule has 0 aliphatic carbocycles. The van der Waals surface area contributed by atoms with Crippen LogP contribution in [0.5, 0.6) is 0 Å². The van der Waals surface area contributed by atoms with Crippen LogP contribution >= 0.6 is 0 Å². The van der Waals surface area contributed by atoms with Crippen molar-refractivity contribution in [2.45, 2.75) is 13.8 Å². The Hall–Kier alpha value is -1.19. The topological polar surface area (TPSA) is 32.3 Å². The Labute approximate surface area is 103 Å². The number of hydrogen-bond donors (Lipinski definition) is 1. The third-order valence-corrected chi connectivity index (χ3v) is 3.26. The molecule has 1 N–H and O–H groups in total. The summed E-state index contributed by atoms with van der Waals surface area (Å²) >= 11 is 0. The third kappa shape index (κ3) is 3.14. The molecular formula is C14H20N2O. The average molecular weight is 232 g/mol. The van der Waals surface area contributed by atoms with Gasteiger partial charge in [0.05, 0.1) is 6.54 Å². The fraction of sp³-hybridized carbons (Fsp3) is 0.500. The first-order valence-electron chi connectivity index (χ1n) is 6.20. The van der Waals surface area contributed by atoms with E-state index in [0.717, 1.165) is 37.3 Å². The summed E-state index contributed by atoms with van der Waals surface area (Å²) in [5.41, 5.74) is 3.17. The molecule has 3 heteroatoms. The number of benzene rings is 1. The molecule has 17 heavy (non-hydrogen) atoms. The Morgan fingerprint density at radius 1 is 1.29 bits per heavy atom. The maximum absolute atomic E-state index is 12.2. The molecule has 1 aromatic carbocycles. The van der Waals surface area contributed by atoms with Gasteiger partial charge in [0.2, 0.25) is 0 Å². The highest BCUT2D eigenvalue weighted by Crippen LogP contribution is 2.12. The lowest BCUT2D eigenvalue weighted by molar-refractivity contribution is 0.0921. The molecule has 0 radical (unpaired) electrons. The fourth-order valence-electron chi connectivity index (χ4n) is 2.28. The van der Waals surface area contributed by atoms with E-state index in [9.17, 15) is 4.79 Å². The molecule has 92 valence electrons. The Morgan fingerprint density at radius 2 is 2.00 bits per heavy atom. The van der Waals surface area contributed by atoms with Gasteiger partial charge in [0.25, 0.3) is 0 Å². The Morgan fingerprint density at radius 3 is 2.65 bits per heavy atom. The van der Waals surface area contributed by atoms with Crippen molar-refractivity contribution in [2.24, 2.45) is 0 Å². The number of piperazine rings is 1. The molecule has 3 nitrogen and oxygen atoms in total. The first-order valence-corrected chi connectivity index (χ1v) is 6.20. The van der Waals surface area contributed by atoms with E-state index in [1.807, 2.05) is 19.1 Å². The Balaban J connectivity index is 2.03. The summed E-state index contributed by atoms with van der Waals surface area (Å²) < 4.78 is 0. The standard InChI is InChI=1S/C14H20N2O/c1-11-3-4-13(12(2)9-11)14(17)10-16-7-5-15-6-8-16/h3-4,9,15H,5-8,10H2,1-2H3. The van der Waals surface area contributed by atoms with E-state index >= 15 is 0 Å². The normalized spacial score (nSPS) is 17.1. The Bertz CT molecular complexity index is 409. The molecular weight excluding hydrogens is 212 g/mol. The van der Waals surface area contributed by atoms with Crippen LogP contribution in [0.1, 0.15) is 21.5 Å². The van der Waals surface area contributed by atoms with Crippen LogP contribution in [-0.2, 0) is 0 Å². The SMILES string of the molecule is Cc1ccc(C(=O)CN2CCNCC2)c(C)c1. The van der Waals surface area contributed by atoms with Crippen LogP contribution in [0.4, 0.5) is 0 Å². The first-order chi connectivity index (χ1) is 8.16. The van der Waals surface area contributed by atoms with Gasteiger partial charge in [-0.15, -0.1) is 0 Å². The minimum absolute atomic E-state index is 0.240. The van der Waals surface area contributed by atoms with Crippen molar-refractivity contribution in [1.82, 2.24) is 10.2 Å². The molecule has 0 unspecified atom stereocenters. The molecule has 0 bridgehead atoms. The molecule has 0 spiro atoms. The highest BCUT2D eigenvalue weighted by Gasteiger charge is 2.15. The van der Waals surface area contributed by atoms with Gasteiger partial charge >= 0.3 is 0 Å². The second-order valence-electron chi connectivity index (χ2n) is 4.77. The summed E-state index contributed by atoms with van der Waals surface area (Å²) in [4.78, 5) is 14.4. The molecule has 1 heterocycles. The number of nitrogens with one attached hydrogen (secondary N) is 1. The van der Waals surface area contributed by atoms with Crippen LogP contribution in [0.3, 0.4) is 0 Å². The summed E-state index contributed by atoms with van der Waals surface area (Å²) in [7, 11) is 0. The molecule has 1 saturated heterocycles. The molecule has 0 amide bonds. The minimum Gasteiger partial charge on any atom is -0.314 e. The quantitative estimate of drug-likeness (QED) is 0.799. The van der Waals surface area contributed by atoms with E-state index in [1.165, 1.54) is 5.56 Å². The van der Waals surface area contributed by atoms with E-state index in [0.29, 0.717) is 6.54 Å². The van der Waals surface area contributed by atoms with Crippen LogP contribution < -0.4 is 5.32 Å². The van der Waals surface area contributed by atoms with Gasteiger partial charge in [-0.25, -0.2) is 0 Å². The number of hydrogen-bond acceptors (Lipinski definition) is 3. The van der Waals surface area contributed by atoms with Crippen molar-refractivity contribution in [3.63, 3.8) is 0 Å². The van der Waals surface area contributed by atoms with E-state index < -0.39 is 0 Å². The monoisotopic (exact) mass is 232 g/mol. The van der Waals surface area contributed by atoms with Gasteiger partial charge in [-0.2, -0.15) is 0 Å². The lowest BCUT2D eigenvalue weighted by Gasteiger charge is -2.26. The first kappa shape index (κ1) is 12.3.